The molecule has 1 aromatic heterocycles. The summed E-state index contributed by atoms with van der Waals surface area (Å²) in [7, 11) is -2.35. The molecule has 1 N–H and O–H groups in total. The third kappa shape index (κ3) is 6.25. The van der Waals surface area contributed by atoms with Gasteiger partial charge < -0.3 is 19.9 Å². The number of sulfone groups is 1. The summed E-state index contributed by atoms with van der Waals surface area (Å²) >= 11 is 12.6. The van der Waals surface area contributed by atoms with E-state index in [1.807, 2.05) is 0 Å². The SMILES string of the molecule is COCCN1CCN(c2ccc(S(=O)(=O)C3CC(C(=O)NC4(C#N)CC4)N(C(=O)C4(c5ccc(Cl)nc5)CC4)C3)c(Cl)c2)CC1. The van der Waals surface area contributed by atoms with Crippen LogP contribution in [-0.4, -0.2) is 105 Å². The Morgan fingerprint density at radius 3 is 2.42 bits per heavy atom. The highest BCUT2D eigenvalue weighted by Gasteiger charge is 2.58. The van der Waals surface area contributed by atoms with Crippen molar-refractivity contribution in [3.05, 3.63) is 52.3 Å². The molecule has 11 nitrogen and oxygen atoms in total. The van der Waals surface area contributed by atoms with E-state index in [9.17, 15) is 23.3 Å². The highest BCUT2D eigenvalue weighted by atomic mass is 35.5. The maximum atomic E-state index is 14.1. The summed E-state index contributed by atoms with van der Waals surface area (Å²) in [6.07, 6.45) is 3.59. The number of likely N-dealkylation sites (tertiary alicyclic amines) is 1. The molecule has 4 fully saturated rings. The predicted molar refractivity (Wildman–Crippen MR) is 169 cm³/mol. The van der Waals surface area contributed by atoms with Crippen LogP contribution in [0.5, 0.6) is 0 Å². The number of nitrogens with one attached hydrogen (secondary N) is 1. The zero-order valence-electron chi connectivity index (χ0n) is 25.0. The first-order chi connectivity index (χ1) is 21.5. The minimum atomic E-state index is -4.04. The Bertz CT molecular complexity index is 1620. The molecule has 2 unspecified atom stereocenters. The molecule has 2 atom stereocenters. The first kappa shape index (κ1) is 32.0. The number of piperazine rings is 1. The summed E-state index contributed by atoms with van der Waals surface area (Å²) in [5, 5.41) is 11.7. The molecule has 14 heteroatoms. The van der Waals surface area contributed by atoms with Crippen molar-refractivity contribution >= 4 is 50.5 Å². The highest BCUT2D eigenvalue weighted by molar-refractivity contribution is 7.92. The second-order valence-corrected chi connectivity index (χ2v) is 15.4. The predicted octanol–water partition coefficient (Wildman–Crippen LogP) is 2.80. The topological polar surface area (TPSA) is 136 Å². The molecule has 1 aromatic carbocycles. The molecule has 4 aliphatic rings. The summed E-state index contributed by atoms with van der Waals surface area (Å²) in [5.41, 5.74) is -0.344. The average molecular weight is 676 g/mol. The van der Waals surface area contributed by atoms with E-state index >= 15 is 0 Å². The molecule has 2 saturated heterocycles. The molecule has 0 bridgehead atoms. The number of nitriles is 1. The van der Waals surface area contributed by atoms with Crippen LogP contribution in [0.15, 0.2) is 41.4 Å². The lowest BCUT2D eigenvalue weighted by molar-refractivity contribution is -0.140. The van der Waals surface area contributed by atoms with E-state index in [1.165, 1.54) is 11.0 Å². The Kier molecular flexibility index (Phi) is 8.78. The van der Waals surface area contributed by atoms with E-state index in [2.05, 4.69) is 26.2 Å². The Labute approximate surface area is 273 Å². The van der Waals surface area contributed by atoms with Crippen molar-refractivity contribution in [2.24, 2.45) is 0 Å². The number of anilines is 1. The van der Waals surface area contributed by atoms with E-state index in [-0.39, 0.29) is 28.8 Å². The smallest absolute Gasteiger partial charge is 0.244 e. The molecule has 0 radical (unpaired) electrons. The molecule has 2 aliphatic carbocycles. The highest BCUT2D eigenvalue weighted by Crippen LogP contribution is 2.51. The van der Waals surface area contributed by atoms with Gasteiger partial charge in [0.15, 0.2) is 9.84 Å². The van der Waals surface area contributed by atoms with Crippen molar-refractivity contribution in [1.29, 1.82) is 5.26 Å². The van der Waals surface area contributed by atoms with Crippen LogP contribution < -0.4 is 10.2 Å². The lowest BCUT2D eigenvalue weighted by atomic mass is 9.95. The van der Waals surface area contributed by atoms with Gasteiger partial charge in [0.1, 0.15) is 16.7 Å². The third-order valence-corrected chi connectivity index (χ3v) is 12.4. The second kappa shape index (κ2) is 12.3. The normalized spacial score (nSPS) is 23.8. The summed E-state index contributed by atoms with van der Waals surface area (Å²) in [6.45, 7) is 4.63. The van der Waals surface area contributed by atoms with Crippen LogP contribution >= 0.6 is 23.2 Å². The van der Waals surface area contributed by atoms with Gasteiger partial charge in [0.05, 0.1) is 33.3 Å². The van der Waals surface area contributed by atoms with Crippen LogP contribution in [0.4, 0.5) is 5.69 Å². The zero-order valence-corrected chi connectivity index (χ0v) is 27.4. The quantitative estimate of drug-likeness (QED) is 0.377. The number of benzene rings is 1. The van der Waals surface area contributed by atoms with E-state index in [1.54, 1.807) is 37.6 Å². The fourth-order valence-corrected chi connectivity index (χ4v) is 8.79. The van der Waals surface area contributed by atoms with E-state index in [0.717, 1.165) is 38.4 Å². The number of carbonyl (C=O) groups excluding carboxylic acids is 2. The second-order valence-electron chi connectivity index (χ2n) is 12.4. The number of methoxy groups -OCH3 is 1. The van der Waals surface area contributed by atoms with Gasteiger partial charge in [-0.25, -0.2) is 13.4 Å². The molecule has 6 rings (SSSR count). The van der Waals surface area contributed by atoms with Crippen molar-refractivity contribution in [2.75, 3.05) is 57.9 Å². The van der Waals surface area contributed by atoms with Gasteiger partial charge in [0.25, 0.3) is 0 Å². The summed E-state index contributed by atoms with van der Waals surface area (Å²) in [4.78, 5) is 37.7. The van der Waals surface area contributed by atoms with E-state index in [4.69, 9.17) is 27.9 Å². The van der Waals surface area contributed by atoms with E-state index in [0.29, 0.717) is 43.0 Å². The van der Waals surface area contributed by atoms with Crippen molar-refractivity contribution in [3.8, 4) is 6.07 Å². The van der Waals surface area contributed by atoms with Gasteiger partial charge in [-0.05, 0) is 61.9 Å². The number of hydrogen-bond acceptors (Lipinski definition) is 9. The molecule has 2 amide bonds. The van der Waals surface area contributed by atoms with Crippen LogP contribution in [0.2, 0.25) is 10.2 Å². The lowest BCUT2D eigenvalue weighted by Gasteiger charge is -2.36. The Balaban J connectivity index is 1.23. The molecule has 0 spiro atoms. The van der Waals surface area contributed by atoms with Gasteiger partial charge in [-0.15, -0.1) is 0 Å². The number of nitrogens with zero attached hydrogens (tertiary/aromatic N) is 5. The molecule has 2 aliphatic heterocycles. The average Bonchev–Trinajstić information content (AvgIpc) is 3.96. The number of carbonyl (C=O) groups is 2. The molecule has 3 heterocycles. The number of ether oxygens (including phenoxy) is 1. The van der Waals surface area contributed by atoms with Gasteiger partial charge in [-0.1, -0.05) is 29.3 Å². The summed E-state index contributed by atoms with van der Waals surface area (Å²) < 4.78 is 33.3. The lowest BCUT2D eigenvalue weighted by Crippen LogP contribution is -2.51. The Morgan fingerprint density at radius 2 is 1.84 bits per heavy atom. The van der Waals surface area contributed by atoms with Gasteiger partial charge in [0.2, 0.25) is 11.8 Å². The van der Waals surface area contributed by atoms with Crippen molar-refractivity contribution in [1.82, 2.24) is 20.1 Å². The van der Waals surface area contributed by atoms with Crippen LogP contribution in [0.25, 0.3) is 0 Å². The van der Waals surface area contributed by atoms with Crippen LogP contribution in [0.1, 0.15) is 37.7 Å². The minimum absolute atomic E-state index is 0.0242. The van der Waals surface area contributed by atoms with Gasteiger partial charge >= 0.3 is 0 Å². The third-order valence-electron chi connectivity index (χ3n) is 9.60. The van der Waals surface area contributed by atoms with Crippen molar-refractivity contribution < 1.29 is 22.7 Å². The summed E-state index contributed by atoms with van der Waals surface area (Å²) in [5.74, 6) is -0.839. The monoisotopic (exact) mass is 674 g/mol. The molecular weight excluding hydrogens is 639 g/mol. The maximum Gasteiger partial charge on any atom is 0.244 e. The largest absolute Gasteiger partial charge is 0.383 e. The fraction of sp³-hybridized carbons (Fsp3) is 0.548. The van der Waals surface area contributed by atoms with Crippen LogP contribution in [0, 0.1) is 11.3 Å². The number of aromatic nitrogens is 1. The van der Waals surface area contributed by atoms with E-state index < -0.39 is 38.0 Å². The first-order valence-corrected chi connectivity index (χ1v) is 17.5. The standard InChI is InChI=1S/C31H36Cl2N6O5S/c1-44-15-14-37-10-12-38(13-11-37)22-3-4-26(24(32)16-22)45(42,43)23-17-25(28(40)36-30(20-34)6-7-30)39(19-23)29(41)31(8-9-31)21-2-5-27(33)35-18-21/h2-5,16,18,23,25H,6-15,17,19H2,1H3,(H,36,40). The number of amides is 2. The number of pyridine rings is 1. The van der Waals surface area contributed by atoms with Crippen molar-refractivity contribution in [3.63, 3.8) is 0 Å². The minimum Gasteiger partial charge on any atom is -0.383 e. The first-order valence-electron chi connectivity index (χ1n) is 15.2. The summed E-state index contributed by atoms with van der Waals surface area (Å²) in [6, 6.07) is 9.42. The Morgan fingerprint density at radius 1 is 1.11 bits per heavy atom. The fourth-order valence-electron chi connectivity index (χ4n) is 6.44. The molecule has 2 saturated carbocycles. The maximum absolute atomic E-state index is 14.1. The Hall–Kier alpha value is -2.95. The van der Waals surface area contributed by atoms with Crippen molar-refractivity contribution in [2.45, 2.75) is 59.2 Å². The molecule has 240 valence electrons. The van der Waals surface area contributed by atoms with Crippen LogP contribution in [0.3, 0.4) is 0 Å². The molecular formula is C31H36Cl2N6O5S. The molecule has 45 heavy (non-hydrogen) atoms. The number of rotatable bonds is 10. The van der Waals surface area contributed by atoms with Gasteiger partial charge in [-0.2, -0.15) is 5.26 Å². The number of hydrogen-bond donors (Lipinski definition) is 1. The molecule has 2 aromatic rings. The van der Waals surface area contributed by atoms with Crippen LogP contribution in [-0.2, 0) is 29.6 Å². The zero-order chi connectivity index (χ0) is 32.0. The number of halogens is 2. The van der Waals surface area contributed by atoms with Gasteiger partial charge in [-0.3, -0.25) is 14.5 Å². The van der Waals surface area contributed by atoms with Gasteiger partial charge in [0, 0.05) is 58.3 Å².